The van der Waals surface area contributed by atoms with Gasteiger partial charge in [0.1, 0.15) is 0 Å². The molecule has 2 rings (SSSR count). The number of hydrogen-bond donors (Lipinski definition) is 3. The highest BCUT2D eigenvalue weighted by Crippen LogP contribution is 2.10. The largest absolute Gasteiger partial charge is 0.366 e. The molecule has 0 bridgehead atoms. The summed E-state index contributed by atoms with van der Waals surface area (Å²) in [4.78, 5) is 25.2. The van der Waals surface area contributed by atoms with E-state index in [4.69, 9.17) is 5.73 Å². The van der Waals surface area contributed by atoms with E-state index >= 15 is 0 Å². The van der Waals surface area contributed by atoms with Gasteiger partial charge in [-0.1, -0.05) is 0 Å². The van der Waals surface area contributed by atoms with Crippen LogP contribution in [-0.4, -0.2) is 48.9 Å². The second-order valence-electron chi connectivity index (χ2n) is 5.33. The van der Waals surface area contributed by atoms with Crippen LogP contribution in [0.3, 0.4) is 0 Å². The fourth-order valence-electron chi connectivity index (χ4n) is 2.40. The van der Waals surface area contributed by atoms with Crippen molar-refractivity contribution < 1.29 is 9.59 Å². The summed E-state index contributed by atoms with van der Waals surface area (Å²) >= 11 is 0. The Bertz CT molecular complexity index is 501. The lowest BCUT2D eigenvalue weighted by atomic mass is 10.2. The molecule has 1 heterocycles. The van der Waals surface area contributed by atoms with Crippen LogP contribution in [0.15, 0.2) is 24.3 Å². The number of nitrogens with two attached hydrogens (primary N) is 1. The third kappa shape index (κ3) is 4.54. The number of amides is 2. The fourth-order valence-corrected chi connectivity index (χ4v) is 2.40. The maximum Gasteiger partial charge on any atom is 0.248 e. The molecule has 1 saturated heterocycles. The Morgan fingerprint density at radius 3 is 2.71 bits per heavy atom. The minimum atomic E-state index is -0.472. The molecule has 2 amide bonds. The minimum absolute atomic E-state index is 0.0208. The van der Waals surface area contributed by atoms with E-state index in [1.807, 2.05) is 0 Å². The minimum Gasteiger partial charge on any atom is -0.366 e. The topological polar surface area (TPSA) is 87.5 Å². The van der Waals surface area contributed by atoms with E-state index < -0.39 is 5.91 Å². The van der Waals surface area contributed by atoms with Crippen molar-refractivity contribution in [2.75, 3.05) is 31.5 Å². The number of hydrogen-bond acceptors (Lipinski definition) is 4. The Hall–Kier alpha value is -1.92. The first-order valence-corrected chi connectivity index (χ1v) is 7.21. The van der Waals surface area contributed by atoms with E-state index in [1.165, 1.54) is 0 Å². The average molecular weight is 290 g/mol. The summed E-state index contributed by atoms with van der Waals surface area (Å²) in [7, 11) is 0. The first-order valence-electron chi connectivity index (χ1n) is 7.21. The van der Waals surface area contributed by atoms with Crippen LogP contribution in [0.1, 0.15) is 23.7 Å². The second kappa shape index (κ2) is 7.19. The quantitative estimate of drug-likeness (QED) is 0.733. The van der Waals surface area contributed by atoms with Crippen LogP contribution in [0, 0.1) is 0 Å². The Labute approximate surface area is 124 Å². The van der Waals surface area contributed by atoms with E-state index in [0.717, 1.165) is 26.2 Å². The average Bonchev–Trinajstić information content (AvgIpc) is 2.47. The van der Waals surface area contributed by atoms with Crippen molar-refractivity contribution in [3.05, 3.63) is 29.8 Å². The SMILES string of the molecule is C[C@H]1CNCCN1CCC(=O)Nc1ccc(C(N)=O)cc1. The molecule has 6 heteroatoms. The number of anilines is 1. The summed E-state index contributed by atoms with van der Waals surface area (Å²) in [5, 5.41) is 6.16. The number of carbonyl (C=O) groups is 2. The maximum atomic E-state index is 11.9. The van der Waals surface area contributed by atoms with Crippen molar-refractivity contribution in [1.29, 1.82) is 0 Å². The van der Waals surface area contributed by atoms with E-state index in [-0.39, 0.29) is 5.91 Å². The van der Waals surface area contributed by atoms with Crippen LogP contribution >= 0.6 is 0 Å². The zero-order chi connectivity index (χ0) is 15.2. The van der Waals surface area contributed by atoms with E-state index in [1.54, 1.807) is 24.3 Å². The lowest BCUT2D eigenvalue weighted by Gasteiger charge is -2.33. The summed E-state index contributed by atoms with van der Waals surface area (Å²) in [6, 6.07) is 7.05. The molecule has 0 radical (unpaired) electrons. The van der Waals surface area contributed by atoms with Gasteiger partial charge in [0, 0.05) is 49.9 Å². The molecular weight excluding hydrogens is 268 g/mol. The van der Waals surface area contributed by atoms with Gasteiger partial charge < -0.3 is 16.4 Å². The van der Waals surface area contributed by atoms with Crippen molar-refractivity contribution in [3.8, 4) is 0 Å². The smallest absolute Gasteiger partial charge is 0.248 e. The van der Waals surface area contributed by atoms with Crippen LogP contribution in [0.4, 0.5) is 5.69 Å². The van der Waals surface area contributed by atoms with Gasteiger partial charge in [-0.15, -0.1) is 0 Å². The van der Waals surface area contributed by atoms with Crippen molar-refractivity contribution in [2.24, 2.45) is 5.73 Å². The van der Waals surface area contributed by atoms with Crippen LogP contribution < -0.4 is 16.4 Å². The molecular formula is C15H22N4O2. The van der Waals surface area contributed by atoms with Gasteiger partial charge in [-0.25, -0.2) is 0 Å². The molecule has 0 aromatic heterocycles. The molecule has 0 unspecified atom stereocenters. The van der Waals surface area contributed by atoms with Crippen molar-refractivity contribution in [2.45, 2.75) is 19.4 Å². The van der Waals surface area contributed by atoms with E-state index in [9.17, 15) is 9.59 Å². The molecule has 1 atom stereocenters. The Kier molecular flexibility index (Phi) is 5.30. The third-order valence-electron chi connectivity index (χ3n) is 3.72. The number of nitrogens with zero attached hydrogens (tertiary/aromatic N) is 1. The lowest BCUT2D eigenvalue weighted by Crippen LogP contribution is -2.50. The van der Waals surface area contributed by atoms with Gasteiger partial charge in [0.15, 0.2) is 0 Å². The number of benzene rings is 1. The molecule has 1 aliphatic rings. The van der Waals surface area contributed by atoms with E-state index in [0.29, 0.717) is 23.7 Å². The molecule has 21 heavy (non-hydrogen) atoms. The number of piperazine rings is 1. The highest BCUT2D eigenvalue weighted by molar-refractivity contribution is 5.94. The summed E-state index contributed by atoms with van der Waals surface area (Å²) in [6.45, 7) is 5.83. The third-order valence-corrected chi connectivity index (χ3v) is 3.72. The highest BCUT2D eigenvalue weighted by Gasteiger charge is 2.18. The number of carbonyl (C=O) groups excluding carboxylic acids is 2. The summed E-state index contributed by atoms with van der Waals surface area (Å²) in [5.74, 6) is -0.492. The standard InChI is InChI=1S/C15H22N4O2/c1-11-10-17-7-9-19(11)8-6-14(20)18-13-4-2-12(3-5-13)15(16)21/h2-5,11,17H,6-10H2,1H3,(H2,16,21)(H,18,20)/t11-/m0/s1. The monoisotopic (exact) mass is 290 g/mol. The molecule has 1 aromatic rings. The molecule has 6 nitrogen and oxygen atoms in total. The predicted molar refractivity (Wildman–Crippen MR) is 82.1 cm³/mol. The molecule has 0 spiro atoms. The van der Waals surface area contributed by atoms with Crippen molar-refractivity contribution >= 4 is 17.5 Å². The molecule has 1 aliphatic heterocycles. The molecule has 0 aliphatic carbocycles. The van der Waals surface area contributed by atoms with Crippen LogP contribution in [-0.2, 0) is 4.79 Å². The Balaban J connectivity index is 1.80. The van der Waals surface area contributed by atoms with Gasteiger partial charge in [-0.3, -0.25) is 14.5 Å². The predicted octanol–water partition coefficient (Wildman–Crippen LogP) is 0.408. The first-order chi connectivity index (χ1) is 10.1. The molecule has 4 N–H and O–H groups in total. The summed E-state index contributed by atoms with van der Waals surface area (Å²) in [5.41, 5.74) is 6.28. The van der Waals surface area contributed by atoms with Crippen LogP contribution in [0.25, 0.3) is 0 Å². The van der Waals surface area contributed by atoms with Gasteiger partial charge in [-0.2, -0.15) is 0 Å². The fraction of sp³-hybridized carbons (Fsp3) is 0.467. The lowest BCUT2D eigenvalue weighted by molar-refractivity contribution is -0.116. The maximum absolute atomic E-state index is 11.9. The van der Waals surface area contributed by atoms with Crippen molar-refractivity contribution in [3.63, 3.8) is 0 Å². The molecule has 1 aromatic carbocycles. The van der Waals surface area contributed by atoms with Gasteiger partial charge in [0.2, 0.25) is 11.8 Å². The summed E-state index contributed by atoms with van der Waals surface area (Å²) < 4.78 is 0. The first kappa shape index (κ1) is 15.5. The number of primary amides is 1. The number of rotatable bonds is 5. The van der Waals surface area contributed by atoms with E-state index in [2.05, 4.69) is 22.5 Å². The number of nitrogens with one attached hydrogen (secondary N) is 2. The van der Waals surface area contributed by atoms with Crippen LogP contribution in [0.2, 0.25) is 0 Å². The van der Waals surface area contributed by atoms with Crippen molar-refractivity contribution in [1.82, 2.24) is 10.2 Å². The highest BCUT2D eigenvalue weighted by atomic mass is 16.2. The summed E-state index contributed by atoms with van der Waals surface area (Å²) in [6.07, 6.45) is 0.460. The van der Waals surface area contributed by atoms with Gasteiger partial charge in [0.05, 0.1) is 0 Å². The molecule has 114 valence electrons. The Morgan fingerprint density at radius 2 is 2.10 bits per heavy atom. The normalized spacial score (nSPS) is 19.2. The Morgan fingerprint density at radius 1 is 1.38 bits per heavy atom. The molecule has 1 fully saturated rings. The van der Waals surface area contributed by atoms with Crippen LogP contribution in [0.5, 0.6) is 0 Å². The second-order valence-corrected chi connectivity index (χ2v) is 5.33. The molecule has 0 saturated carbocycles. The zero-order valence-electron chi connectivity index (χ0n) is 12.3. The van der Waals surface area contributed by atoms with Gasteiger partial charge in [-0.05, 0) is 31.2 Å². The van der Waals surface area contributed by atoms with Gasteiger partial charge in [0.25, 0.3) is 0 Å². The van der Waals surface area contributed by atoms with Gasteiger partial charge >= 0.3 is 0 Å². The zero-order valence-corrected chi connectivity index (χ0v) is 12.3.